The van der Waals surface area contributed by atoms with Gasteiger partial charge in [-0.1, -0.05) is 6.07 Å². The number of hydrogen-bond donors (Lipinski definition) is 2. The maximum Gasteiger partial charge on any atom is 0.229 e. The molecule has 5 rings (SSSR count). The number of halogens is 2. The topological polar surface area (TPSA) is 98.0 Å². The number of rotatable bonds is 5. The first-order chi connectivity index (χ1) is 16.8. The Bertz CT molecular complexity index is 1360. The zero-order chi connectivity index (χ0) is 24.7. The molecule has 2 atom stereocenters. The Balaban J connectivity index is 1.42. The van der Waals surface area contributed by atoms with Gasteiger partial charge < -0.3 is 19.7 Å². The van der Waals surface area contributed by atoms with Crippen molar-refractivity contribution < 1.29 is 18.6 Å². The molecular weight excluding hydrogens is 454 g/mol. The number of aromatic nitrogens is 5. The van der Waals surface area contributed by atoms with Crippen LogP contribution in [0.1, 0.15) is 50.2 Å². The zero-order valence-electron chi connectivity index (χ0n) is 19.7. The molecule has 1 aliphatic rings. The molecule has 1 aromatic carbocycles. The first-order valence-corrected chi connectivity index (χ1v) is 11.5. The summed E-state index contributed by atoms with van der Waals surface area (Å²) in [4.78, 5) is 17.0. The SMILES string of the molecule is Cc1nc2c(F)cc(-c3nc(Nc4ccc([C@H]5CCC(O)CO5)cn4)ncc3F)cc2n1C(C)C. The largest absolute Gasteiger partial charge is 0.391 e. The fraction of sp³-hybridized carbons (Fsp3) is 0.360. The Hall–Kier alpha value is -3.50. The van der Waals surface area contributed by atoms with Gasteiger partial charge in [0.2, 0.25) is 5.95 Å². The van der Waals surface area contributed by atoms with Crippen molar-refractivity contribution in [1.82, 2.24) is 24.5 Å². The molecule has 1 fully saturated rings. The minimum absolute atomic E-state index is 0.0248. The molecule has 0 spiro atoms. The van der Waals surface area contributed by atoms with Gasteiger partial charge in [0.15, 0.2) is 11.6 Å². The molecule has 0 saturated carbocycles. The van der Waals surface area contributed by atoms with Crippen LogP contribution in [-0.2, 0) is 4.74 Å². The summed E-state index contributed by atoms with van der Waals surface area (Å²) >= 11 is 0. The van der Waals surface area contributed by atoms with Crippen molar-refractivity contribution in [2.24, 2.45) is 0 Å². The Morgan fingerprint density at radius 1 is 1.09 bits per heavy atom. The molecule has 2 N–H and O–H groups in total. The third-order valence-electron chi connectivity index (χ3n) is 6.11. The van der Waals surface area contributed by atoms with E-state index < -0.39 is 17.7 Å². The lowest BCUT2D eigenvalue weighted by atomic mass is 10.0. The molecule has 0 bridgehead atoms. The molecule has 3 aromatic heterocycles. The van der Waals surface area contributed by atoms with E-state index in [9.17, 15) is 13.9 Å². The van der Waals surface area contributed by atoms with Crippen LogP contribution < -0.4 is 5.32 Å². The minimum Gasteiger partial charge on any atom is -0.391 e. The predicted molar refractivity (Wildman–Crippen MR) is 127 cm³/mol. The second-order valence-corrected chi connectivity index (χ2v) is 8.99. The van der Waals surface area contributed by atoms with Gasteiger partial charge in [0, 0.05) is 17.8 Å². The van der Waals surface area contributed by atoms with Crippen molar-refractivity contribution in [2.75, 3.05) is 11.9 Å². The van der Waals surface area contributed by atoms with E-state index in [2.05, 4.69) is 25.3 Å². The number of anilines is 2. The second kappa shape index (κ2) is 9.27. The summed E-state index contributed by atoms with van der Waals surface area (Å²) in [7, 11) is 0. The van der Waals surface area contributed by atoms with Crippen molar-refractivity contribution in [2.45, 2.75) is 51.9 Å². The van der Waals surface area contributed by atoms with Gasteiger partial charge in [-0.25, -0.2) is 28.7 Å². The van der Waals surface area contributed by atoms with Gasteiger partial charge in [0.25, 0.3) is 0 Å². The average molecular weight is 481 g/mol. The van der Waals surface area contributed by atoms with E-state index in [1.165, 1.54) is 6.07 Å². The number of aliphatic hydroxyl groups excluding tert-OH is 1. The molecule has 1 aliphatic heterocycles. The number of ether oxygens (including phenoxy) is 1. The maximum absolute atomic E-state index is 14.9. The van der Waals surface area contributed by atoms with Crippen LogP contribution in [0.15, 0.2) is 36.7 Å². The van der Waals surface area contributed by atoms with E-state index in [1.807, 2.05) is 31.4 Å². The maximum atomic E-state index is 14.9. The summed E-state index contributed by atoms with van der Waals surface area (Å²) in [6, 6.07) is 6.62. The van der Waals surface area contributed by atoms with Gasteiger partial charge in [-0.15, -0.1) is 0 Å². The number of benzene rings is 1. The van der Waals surface area contributed by atoms with Crippen molar-refractivity contribution >= 4 is 22.8 Å². The third-order valence-corrected chi connectivity index (χ3v) is 6.11. The number of imidazole rings is 1. The molecular formula is C25H26F2N6O2. The fourth-order valence-electron chi connectivity index (χ4n) is 4.47. The van der Waals surface area contributed by atoms with E-state index in [1.54, 1.807) is 18.3 Å². The Morgan fingerprint density at radius 2 is 1.91 bits per heavy atom. The summed E-state index contributed by atoms with van der Waals surface area (Å²) in [5, 5.41) is 12.6. The van der Waals surface area contributed by atoms with Crippen molar-refractivity contribution in [3.8, 4) is 11.3 Å². The second-order valence-electron chi connectivity index (χ2n) is 8.99. The molecule has 182 valence electrons. The summed E-state index contributed by atoms with van der Waals surface area (Å²) in [6.07, 6.45) is 3.61. The van der Waals surface area contributed by atoms with E-state index in [-0.39, 0.29) is 29.3 Å². The van der Waals surface area contributed by atoms with E-state index in [0.717, 1.165) is 18.2 Å². The zero-order valence-corrected chi connectivity index (χ0v) is 19.7. The smallest absolute Gasteiger partial charge is 0.229 e. The molecule has 0 radical (unpaired) electrons. The van der Waals surface area contributed by atoms with Gasteiger partial charge in [0.1, 0.15) is 22.9 Å². The standard InChI is InChI=1S/C25H26F2N6O2/c1-13(2)33-14(3)30-24-18(26)8-16(9-20(24)33)23-19(27)11-29-25(32-23)31-22-7-4-15(10-28-22)21-6-5-17(34)12-35-21/h4,7-11,13,17,21,34H,5-6,12H2,1-3H3,(H,28,29,31,32)/t17?,21-/m1/s1. The molecule has 0 amide bonds. The highest BCUT2D eigenvalue weighted by molar-refractivity contribution is 5.83. The first kappa shape index (κ1) is 23.3. The van der Waals surface area contributed by atoms with Gasteiger partial charge in [-0.3, -0.25) is 0 Å². The quantitative estimate of drug-likeness (QED) is 0.414. The van der Waals surface area contributed by atoms with Crippen molar-refractivity contribution in [3.63, 3.8) is 0 Å². The van der Waals surface area contributed by atoms with Gasteiger partial charge in [-0.05, 0) is 57.4 Å². The van der Waals surface area contributed by atoms with Crippen LogP contribution in [0.2, 0.25) is 0 Å². The number of nitrogens with one attached hydrogen (secondary N) is 1. The molecule has 0 aliphatic carbocycles. The number of nitrogens with zero attached hydrogens (tertiary/aromatic N) is 5. The summed E-state index contributed by atoms with van der Waals surface area (Å²) in [5.74, 6) is 0.0785. The fourth-order valence-corrected chi connectivity index (χ4v) is 4.47. The van der Waals surface area contributed by atoms with E-state index in [0.29, 0.717) is 35.8 Å². The van der Waals surface area contributed by atoms with Crippen LogP contribution >= 0.6 is 0 Å². The van der Waals surface area contributed by atoms with Crippen LogP contribution in [0.4, 0.5) is 20.5 Å². The molecule has 35 heavy (non-hydrogen) atoms. The number of aryl methyl sites for hydroxylation is 1. The lowest BCUT2D eigenvalue weighted by molar-refractivity contribution is -0.0569. The lowest BCUT2D eigenvalue weighted by Gasteiger charge is -2.26. The third kappa shape index (κ3) is 4.59. The van der Waals surface area contributed by atoms with Crippen LogP contribution in [0.3, 0.4) is 0 Å². The summed E-state index contributed by atoms with van der Waals surface area (Å²) in [6.45, 7) is 6.08. The average Bonchev–Trinajstić information content (AvgIpc) is 3.18. The Labute approximate surface area is 201 Å². The molecule has 1 unspecified atom stereocenters. The molecule has 4 aromatic rings. The van der Waals surface area contributed by atoms with E-state index >= 15 is 0 Å². The lowest BCUT2D eigenvalue weighted by Crippen LogP contribution is -2.24. The predicted octanol–water partition coefficient (Wildman–Crippen LogP) is 5.01. The number of pyridine rings is 1. The normalized spacial score (nSPS) is 18.4. The Kier molecular flexibility index (Phi) is 6.16. The highest BCUT2D eigenvalue weighted by Gasteiger charge is 2.22. The number of aliphatic hydroxyl groups is 1. The Morgan fingerprint density at radius 3 is 2.60 bits per heavy atom. The van der Waals surface area contributed by atoms with Crippen LogP contribution in [0, 0.1) is 18.6 Å². The number of fused-ring (bicyclic) bond motifs is 1. The van der Waals surface area contributed by atoms with Crippen LogP contribution in [0.25, 0.3) is 22.3 Å². The van der Waals surface area contributed by atoms with Crippen molar-refractivity contribution in [3.05, 3.63) is 59.7 Å². The summed E-state index contributed by atoms with van der Waals surface area (Å²) < 4.78 is 37.2. The molecule has 1 saturated heterocycles. The summed E-state index contributed by atoms with van der Waals surface area (Å²) in [5.41, 5.74) is 2.00. The van der Waals surface area contributed by atoms with E-state index in [4.69, 9.17) is 4.74 Å². The molecule has 4 heterocycles. The van der Waals surface area contributed by atoms with Gasteiger partial charge in [-0.2, -0.15) is 0 Å². The van der Waals surface area contributed by atoms with Crippen LogP contribution in [0.5, 0.6) is 0 Å². The first-order valence-electron chi connectivity index (χ1n) is 11.5. The van der Waals surface area contributed by atoms with Crippen molar-refractivity contribution in [1.29, 1.82) is 0 Å². The van der Waals surface area contributed by atoms with Gasteiger partial charge >= 0.3 is 0 Å². The molecule has 10 heteroatoms. The monoisotopic (exact) mass is 480 g/mol. The highest BCUT2D eigenvalue weighted by Crippen LogP contribution is 2.31. The van der Waals surface area contributed by atoms with Gasteiger partial charge in [0.05, 0.1) is 30.5 Å². The van der Waals surface area contributed by atoms with Crippen LogP contribution in [-0.4, -0.2) is 42.3 Å². The minimum atomic E-state index is -0.665. The highest BCUT2D eigenvalue weighted by atomic mass is 19.1. The molecule has 8 nitrogen and oxygen atoms in total. The number of hydrogen-bond acceptors (Lipinski definition) is 7.